The van der Waals surface area contributed by atoms with Crippen LogP contribution in [0.5, 0.6) is 0 Å². The van der Waals surface area contributed by atoms with Crippen molar-refractivity contribution in [2.75, 3.05) is 23.4 Å². The van der Waals surface area contributed by atoms with Crippen molar-refractivity contribution in [3.8, 4) is 0 Å². The van der Waals surface area contributed by atoms with Crippen LogP contribution < -0.4 is 10.2 Å². The molecule has 0 saturated carbocycles. The van der Waals surface area contributed by atoms with Crippen LogP contribution in [0.15, 0.2) is 46.9 Å². The van der Waals surface area contributed by atoms with Gasteiger partial charge in [0.2, 0.25) is 5.91 Å². The number of carbonyl (C=O) groups excluding carboxylic acids is 3. The van der Waals surface area contributed by atoms with Gasteiger partial charge in [-0.2, -0.15) is 0 Å². The van der Waals surface area contributed by atoms with E-state index in [4.69, 9.17) is 16.3 Å². The van der Waals surface area contributed by atoms with Gasteiger partial charge in [0.1, 0.15) is 0 Å². The Morgan fingerprint density at radius 2 is 1.96 bits per heavy atom. The smallest absolute Gasteiger partial charge is 0.311 e. The van der Waals surface area contributed by atoms with Crippen LogP contribution >= 0.6 is 27.5 Å². The average molecular weight is 466 g/mol. The van der Waals surface area contributed by atoms with E-state index in [9.17, 15) is 14.4 Å². The lowest BCUT2D eigenvalue weighted by Gasteiger charge is -2.16. The summed E-state index contributed by atoms with van der Waals surface area (Å²) < 4.78 is 6.04. The van der Waals surface area contributed by atoms with E-state index >= 15 is 0 Å². The van der Waals surface area contributed by atoms with Gasteiger partial charge in [-0.25, -0.2) is 0 Å². The van der Waals surface area contributed by atoms with Crippen LogP contribution in [-0.2, 0) is 19.1 Å². The number of anilines is 2. The van der Waals surface area contributed by atoms with Crippen LogP contribution in [0.3, 0.4) is 0 Å². The third kappa shape index (κ3) is 4.91. The molecular formula is C20H18BrClN2O4. The number of carbonyl (C=O) groups is 3. The summed E-state index contributed by atoms with van der Waals surface area (Å²) in [6.45, 7) is 1.72. The number of nitrogens with one attached hydrogen (secondary N) is 1. The van der Waals surface area contributed by atoms with Crippen LogP contribution in [0.4, 0.5) is 11.4 Å². The summed E-state index contributed by atoms with van der Waals surface area (Å²) in [7, 11) is 0. The minimum atomic E-state index is -0.606. The number of rotatable bonds is 5. The summed E-state index contributed by atoms with van der Waals surface area (Å²) in [5.41, 5.74) is 2.27. The number of nitrogens with zero attached hydrogens (tertiary/aromatic N) is 1. The molecule has 28 heavy (non-hydrogen) atoms. The first-order valence-electron chi connectivity index (χ1n) is 8.62. The predicted molar refractivity (Wildman–Crippen MR) is 110 cm³/mol. The average Bonchev–Trinajstić information content (AvgIpc) is 3.05. The van der Waals surface area contributed by atoms with Crippen LogP contribution in [0.1, 0.15) is 12.0 Å². The fourth-order valence-corrected chi connectivity index (χ4v) is 3.28. The lowest BCUT2D eigenvalue weighted by atomic mass is 10.1. The number of benzene rings is 2. The molecule has 1 aliphatic rings. The van der Waals surface area contributed by atoms with Crippen molar-refractivity contribution in [2.45, 2.75) is 13.3 Å². The van der Waals surface area contributed by atoms with Gasteiger partial charge in [-0.3, -0.25) is 14.4 Å². The Morgan fingerprint density at radius 1 is 1.25 bits per heavy atom. The molecular weight excluding hydrogens is 448 g/mol. The molecule has 1 N–H and O–H groups in total. The highest BCUT2D eigenvalue weighted by Crippen LogP contribution is 2.27. The van der Waals surface area contributed by atoms with Crippen LogP contribution in [0.25, 0.3) is 0 Å². The SMILES string of the molecule is Cc1cc(NC(=O)COC(=O)[C@@H]2CC(=O)N(c3ccc(Cl)cc3)C2)ccc1Br. The molecule has 2 aromatic carbocycles. The molecule has 0 radical (unpaired) electrons. The maximum absolute atomic E-state index is 12.3. The van der Waals surface area contributed by atoms with E-state index in [1.165, 1.54) is 4.90 Å². The van der Waals surface area contributed by atoms with Gasteiger partial charge < -0.3 is 15.0 Å². The Balaban J connectivity index is 1.52. The maximum atomic E-state index is 12.3. The zero-order valence-electron chi connectivity index (χ0n) is 15.1. The summed E-state index contributed by atoms with van der Waals surface area (Å²) in [5.74, 6) is -1.77. The number of aryl methyl sites for hydroxylation is 1. The van der Waals surface area contributed by atoms with Gasteiger partial charge in [0, 0.05) is 33.8 Å². The molecule has 6 nitrogen and oxygen atoms in total. The zero-order valence-corrected chi connectivity index (χ0v) is 17.4. The molecule has 146 valence electrons. The summed E-state index contributed by atoms with van der Waals surface area (Å²) in [4.78, 5) is 38.0. The second-order valence-electron chi connectivity index (χ2n) is 6.50. The number of hydrogen-bond acceptors (Lipinski definition) is 4. The maximum Gasteiger partial charge on any atom is 0.311 e. The largest absolute Gasteiger partial charge is 0.455 e. The quantitative estimate of drug-likeness (QED) is 0.679. The van der Waals surface area contributed by atoms with E-state index in [2.05, 4.69) is 21.2 Å². The highest BCUT2D eigenvalue weighted by molar-refractivity contribution is 9.10. The number of amides is 2. The van der Waals surface area contributed by atoms with Gasteiger partial charge >= 0.3 is 5.97 Å². The molecule has 1 saturated heterocycles. The summed E-state index contributed by atoms with van der Waals surface area (Å²) >= 11 is 9.25. The van der Waals surface area contributed by atoms with Gasteiger partial charge in [-0.15, -0.1) is 0 Å². The molecule has 2 aromatic rings. The predicted octanol–water partition coefficient (Wildman–Crippen LogP) is 3.95. The number of halogens is 2. The summed E-state index contributed by atoms with van der Waals surface area (Å²) in [6.07, 6.45) is 0.0506. The molecule has 2 amide bonds. The lowest BCUT2D eigenvalue weighted by Crippen LogP contribution is -2.28. The Bertz CT molecular complexity index is 917. The zero-order chi connectivity index (χ0) is 20.3. The monoisotopic (exact) mass is 464 g/mol. The normalized spacial score (nSPS) is 16.2. The van der Waals surface area contributed by atoms with Crippen molar-refractivity contribution in [1.82, 2.24) is 0 Å². The third-order valence-corrected chi connectivity index (χ3v) is 5.53. The highest BCUT2D eigenvalue weighted by Gasteiger charge is 2.36. The molecule has 1 aliphatic heterocycles. The number of hydrogen-bond donors (Lipinski definition) is 1. The fraction of sp³-hybridized carbons (Fsp3) is 0.250. The van der Waals surface area contributed by atoms with Gasteiger partial charge in [0.15, 0.2) is 6.61 Å². The van der Waals surface area contributed by atoms with Crippen molar-refractivity contribution in [3.63, 3.8) is 0 Å². The van der Waals surface area contributed by atoms with E-state index in [0.29, 0.717) is 16.4 Å². The van der Waals surface area contributed by atoms with Crippen LogP contribution in [0.2, 0.25) is 5.02 Å². The number of esters is 1. The van der Waals surface area contributed by atoms with Crippen molar-refractivity contribution >= 4 is 56.7 Å². The molecule has 1 atom stereocenters. The Morgan fingerprint density at radius 3 is 2.64 bits per heavy atom. The van der Waals surface area contributed by atoms with E-state index in [1.54, 1.807) is 30.3 Å². The summed E-state index contributed by atoms with van der Waals surface area (Å²) in [6, 6.07) is 12.2. The first-order chi connectivity index (χ1) is 13.3. The minimum absolute atomic E-state index is 0.0506. The van der Waals surface area contributed by atoms with Crippen molar-refractivity contribution in [2.24, 2.45) is 5.92 Å². The molecule has 1 heterocycles. The molecule has 0 bridgehead atoms. The van der Waals surface area contributed by atoms with E-state index < -0.39 is 24.4 Å². The van der Waals surface area contributed by atoms with Gasteiger partial charge in [0.25, 0.3) is 5.91 Å². The summed E-state index contributed by atoms with van der Waals surface area (Å²) in [5, 5.41) is 3.25. The molecule has 0 aliphatic carbocycles. The Labute approximate surface area is 175 Å². The third-order valence-electron chi connectivity index (χ3n) is 4.38. The van der Waals surface area contributed by atoms with Crippen LogP contribution in [0, 0.1) is 12.8 Å². The Hall–Kier alpha value is -2.38. The lowest BCUT2D eigenvalue weighted by molar-refractivity contribution is -0.151. The molecule has 8 heteroatoms. The molecule has 3 rings (SSSR count). The Kier molecular flexibility index (Phi) is 6.36. The van der Waals surface area contributed by atoms with Crippen LogP contribution in [-0.4, -0.2) is 30.9 Å². The molecule has 0 spiro atoms. The van der Waals surface area contributed by atoms with Gasteiger partial charge in [-0.1, -0.05) is 27.5 Å². The number of ether oxygens (including phenoxy) is 1. The topological polar surface area (TPSA) is 75.7 Å². The molecule has 1 fully saturated rings. The fourth-order valence-electron chi connectivity index (χ4n) is 2.91. The van der Waals surface area contributed by atoms with Crippen molar-refractivity contribution in [3.05, 3.63) is 57.5 Å². The van der Waals surface area contributed by atoms with Crippen molar-refractivity contribution < 1.29 is 19.1 Å². The van der Waals surface area contributed by atoms with Gasteiger partial charge in [-0.05, 0) is 55.0 Å². The second-order valence-corrected chi connectivity index (χ2v) is 7.79. The van der Waals surface area contributed by atoms with Gasteiger partial charge in [0.05, 0.1) is 5.92 Å². The standard InChI is InChI=1S/C20H18BrClN2O4/c1-12-8-15(4-7-17(12)21)23-18(25)11-28-20(27)13-9-19(26)24(10-13)16-5-2-14(22)3-6-16/h2-8,13H,9-11H2,1H3,(H,23,25)/t13-/m1/s1. The molecule has 0 aromatic heterocycles. The molecule has 0 unspecified atom stereocenters. The second kappa shape index (κ2) is 8.75. The van der Waals surface area contributed by atoms with Crippen molar-refractivity contribution in [1.29, 1.82) is 0 Å². The van der Waals surface area contributed by atoms with E-state index in [1.807, 2.05) is 19.1 Å². The van der Waals surface area contributed by atoms with E-state index in [0.717, 1.165) is 10.0 Å². The first kappa shape index (κ1) is 20.4. The highest BCUT2D eigenvalue weighted by atomic mass is 79.9. The first-order valence-corrected chi connectivity index (χ1v) is 9.79. The van der Waals surface area contributed by atoms with E-state index in [-0.39, 0.29) is 18.9 Å². The minimum Gasteiger partial charge on any atom is -0.455 e.